The molecule has 2 aliphatic heterocycles. The number of nitrogens with zero attached hydrogens (tertiary/aromatic N) is 1. The highest BCUT2D eigenvalue weighted by Gasteiger charge is 2.25. The number of carbonyl (C=O) groups is 1. The first-order chi connectivity index (χ1) is 11.6. The van der Waals surface area contributed by atoms with Crippen molar-refractivity contribution < 1.29 is 24.1 Å². The number of hydrogen-bond donors (Lipinski definition) is 1. The van der Waals surface area contributed by atoms with E-state index in [-0.39, 0.29) is 11.6 Å². The van der Waals surface area contributed by atoms with Crippen molar-refractivity contribution in [1.29, 1.82) is 0 Å². The molecule has 0 spiro atoms. The number of ether oxygens (including phenoxy) is 3. The summed E-state index contributed by atoms with van der Waals surface area (Å²) in [6.45, 7) is 0.656. The van der Waals surface area contributed by atoms with Crippen LogP contribution in [0, 0.1) is 6.92 Å². The lowest BCUT2D eigenvalue weighted by atomic mass is 10.1. The van der Waals surface area contributed by atoms with Crippen LogP contribution in [0.1, 0.15) is 16.7 Å². The van der Waals surface area contributed by atoms with Crippen LogP contribution in [0.4, 0.5) is 0 Å². The molecule has 1 atom stereocenters. The third-order valence-electron chi connectivity index (χ3n) is 3.61. The molecule has 24 heavy (non-hydrogen) atoms. The molecule has 0 aromatic heterocycles. The van der Waals surface area contributed by atoms with Gasteiger partial charge in [0, 0.05) is 5.56 Å². The Bertz CT molecular complexity index is 900. The van der Waals surface area contributed by atoms with E-state index in [0.717, 1.165) is 11.1 Å². The Morgan fingerprint density at radius 1 is 1.12 bits per heavy atom. The molecule has 0 fully saturated rings. The van der Waals surface area contributed by atoms with Gasteiger partial charge in [0.15, 0.2) is 17.2 Å². The molecule has 0 radical (unpaired) electrons. The van der Waals surface area contributed by atoms with Crippen LogP contribution >= 0.6 is 0 Å². The quantitative estimate of drug-likeness (QED) is 0.678. The first kappa shape index (κ1) is 14.5. The summed E-state index contributed by atoms with van der Waals surface area (Å²) in [6.07, 6.45) is 1.60. The van der Waals surface area contributed by atoms with Crippen LogP contribution in [-0.2, 0) is 9.53 Å². The smallest absolute Gasteiger partial charge is 0.363 e. The van der Waals surface area contributed by atoms with Gasteiger partial charge in [0.1, 0.15) is 0 Å². The maximum atomic E-state index is 12.0. The van der Waals surface area contributed by atoms with Gasteiger partial charge in [0.05, 0.1) is 0 Å². The third-order valence-corrected chi connectivity index (χ3v) is 3.61. The number of aryl methyl sites for hydroxylation is 1. The van der Waals surface area contributed by atoms with Gasteiger partial charge in [-0.25, -0.2) is 9.79 Å². The van der Waals surface area contributed by atoms with Gasteiger partial charge < -0.3 is 19.3 Å². The highest BCUT2D eigenvalue weighted by Crippen LogP contribution is 2.35. The summed E-state index contributed by atoms with van der Waals surface area (Å²) in [7, 11) is 0. The number of aliphatic imine (C=N–C) groups is 1. The number of esters is 1. The van der Waals surface area contributed by atoms with Crippen molar-refractivity contribution in [3.63, 3.8) is 0 Å². The predicted molar refractivity (Wildman–Crippen MR) is 85.5 cm³/mol. The van der Waals surface area contributed by atoms with Crippen LogP contribution in [0.25, 0.3) is 6.08 Å². The van der Waals surface area contributed by atoms with E-state index < -0.39 is 12.4 Å². The van der Waals surface area contributed by atoms with Crippen LogP contribution in [0.3, 0.4) is 0 Å². The van der Waals surface area contributed by atoms with Gasteiger partial charge in [-0.2, -0.15) is 0 Å². The number of cyclic esters (lactones) is 1. The van der Waals surface area contributed by atoms with Crippen molar-refractivity contribution in [1.82, 2.24) is 0 Å². The fraction of sp³-hybridized carbons (Fsp3) is 0.111. The summed E-state index contributed by atoms with van der Waals surface area (Å²) in [4.78, 5) is 16.3. The molecule has 2 aromatic rings. The zero-order valence-electron chi connectivity index (χ0n) is 12.7. The maximum absolute atomic E-state index is 12.0. The summed E-state index contributed by atoms with van der Waals surface area (Å²) in [5, 5.41) is 9.30. The fourth-order valence-corrected chi connectivity index (χ4v) is 2.51. The van der Waals surface area contributed by atoms with Crippen LogP contribution in [0.5, 0.6) is 11.5 Å². The Morgan fingerprint density at radius 2 is 1.96 bits per heavy atom. The third kappa shape index (κ3) is 2.63. The summed E-state index contributed by atoms with van der Waals surface area (Å²) in [5.41, 5.74) is 2.69. The minimum absolute atomic E-state index is 0.200. The molecule has 120 valence electrons. The van der Waals surface area contributed by atoms with Gasteiger partial charge in [0.25, 0.3) is 0 Å². The lowest BCUT2D eigenvalue weighted by Crippen LogP contribution is -2.15. The summed E-state index contributed by atoms with van der Waals surface area (Å²) in [6, 6.07) is 12.6. The molecule has 2 aliphatic rings. The van der Waals surface area contributed by atoms with Crippen LogP contribution in [0.15, 0.2) is 53.2 Å². The predicted octanol–water partition coefficient (Wildman–Crippen LogP) is 2.39. The van der Waals surface area contributed by atoms with E-state index in [2.05, 4.69) is 4.99 Å². The van der Waals surface area contributed by atoms with E-state index in [9.17, 15) is 9.90 Å². The second-order valence-electron chi connectivity index (χ2n) is 5.45. The van der Waals surface area contributed by atoms with E-state index in [1.54, 1.807) is 24.3 Å². The second-order valence-corrected chi connectivity index (χ2v) is 5.45. The van der Waals surface area contributed by atoms with Gasteiger partial charge in [-0.15, -0.1) is 0 Å². The molecule has 4 rings (SSSR count). The van der Waals surface area contributed by atoms with E-state index in [4.69, 9.17) is 14.2 Å². The molecule has 2 aromatic carbocycles. The van der Waals surface area contributed by atoms with Crippen molar-refractivity contribution in [2.75, 3.05) is 0 Å². The molecule has 0 saturated heterocycles. The number of aliphatic hydroxyl groups excluding tert-OH is 1. The Morgan fingerprint density at radius 3 is 2.79 bits per heavy atom. The van der Waals surface area contributed by atoms with Crippen LogP contribution in [0.2, 0.25) is 0 Å². The van der Waals surface area contributed by atoms with Crippen molar-refractivity contribution in [3.8, 4) is 11.5 Å². The van der Waals surface area contributed by atoms with E-state index in [0.29, 0.717) is 17.1 Å². The maximum Gasteiger partial charge on any atom is 0.363 e. The zero-order valence-corrected chi connectivity index (χ0v) is 12.7. The number of aliphatic hydroxyl groups is 1. The lowest BCUT2D eigenvalue weighted by Gasteiger charge is -1.99. The largest absolute Gasteiger partial charge is 0.428 e. The van der Waals surface area contributed by atoms with Gasteiger partial charge >= 0.3 is 12.4 Å². The Labute approximate surface area is 137 Å². The fourth-order valence-electron chi connectivity index (χ4n) is 2.51. The standard InChI is InChI=1S/C18H13NO5/c1-10-3-2-4-12(7-10)16-19-13(17(20)24-16)8-11-5-6-14-15(9-11)23-18(21)22-14/h2-9,18,21H,1H3. The molecule has 0 saturated carbocycles. The van der Waals surface area contributed by atoms with E-state index in [1.165, 1.54) is 0 Å². The normalized spacial score (nSPS) is 20.2. The minimum Gasteiger partial charge on any atom is -0.428 e. The molecule has 1 unspecified atom stereocenters. The van der Waals surface area contributed by atoms with Crippen LogP contribution < -0.4 is 9.47 Å². The first-order valence-electron chi connectivity index (χ1n) is 7.33. The molecule has 1 N–H and O–H groups in total. The molecule has 0 aliphatic carbocycles. The van der Waals surface area contributed by atoms with E-state index >= 15 is 0 Å². The average Bonchev–Trinajstić information content (AvgIpc) is 3.09. The first-order valence-corrected chi connectivity index (χ1v) is 7.33. The van der Waals surface area contributed by atoms with E-state index in [1.807, 2.05) is 31.2 Å². The summed E-state index contributed by atoms with van der Waals surface area (Å²) >= 11 is 0. The number of carbonyl (C=O) groups excluding carboxylic acids is 1. The Balaban J connectivity index is 1.65. The van der Waals surface area contributed by atoms with Crippen molar-refractivity contribution in [3.05, 3.63) is 64.9 Å². The minimum atomic E-state index is -1.30. The van der Waals surface area contributed by atoms with Crippen LogP contribution in [-0.4, -0.2) is 23.4 Å². The monoisotopic (exact) mass is 323 g/mol. The number of rotatable bonds is 2. The number of benzene rings is 2. The van der Waals surface area contributed by atoms with Gasteiger partial charge in [-0.05, 0) is 42.8 Å². The molecular weight excluding hydrogens is 310 g/mol. The molecule has 6 heteroatoms. The molecular formula is C18H13NO5. The second kappa shape index (κ2) is 5.50. The van der Waals surface area contributed by atoms with Gasteiger partial charge in [0.2, 0.25) is 5.90 Å². The highest BCUT2D eigenvalue weighted by molar-refractivity contribution is 6.12. The average molecular weight is 323 g/mol. The van der Waals surface area contributed by atoms with Gasteiger partial charge in [-0.1, -0.05) is 23.8 Å². The summed E-state index contributed by atoms with van der Waals surface area (Å²) < 4.78 is 15.4. The highest BCUT2D eigenvalue weighted by atomic mass is 16.8. The van der Waals surface area contributed by atoms with Crippen molar-refractivity contribution in [2.45, 2.75) is 13.4 Å². The lowest BCUT2D eigenvalue weighted by molar-refractivity contribution is -0.133. The SMILES string of the molecule is Cc1cccc(C2=NC(=Cc3ccc4c(c3)OC(O)O4)C(=O)O2)c1. The molecule has 0 amide bonds. The topological polar surface area (TPSA) is 77.4 Å². The zero-order chi connectivity index (χ0) is 16.7. The number of fused-ring (bicyclic) bond motifs is 1. The molecule has 2 heterocycles. The number of hydrogen-bond acceptors (Lipinski definition) is 6. The molecule has 0 bridgehead atoms. The Kier molecular flexibility index (Phi) is 3.32. The van der Waals surface area contributed by atoms with Crippen molar-refractivity contribution in [2.24, 2.45) is 4.99 Å². The Hall–Kier alpha value is -3.12. The van der Waals surface area contributed by atoms with Crippen molar-refractivity contribution >= 4 is 17.9 Å². The van der Waals surface area contributed by atoms with Gasteiger partial charge in [-0.3, -0.25) is 0 Å². The molecule has 6 nitrogen and oxygen atoms in total. The summed E-state index contributed by atoms with van der Waals surface area (Å²) in [5.74, 6) is 0.629.